The molecule has 2 fully saturated rings. The Morgan fingerprint density at radius 1 is 1.09 bits per heavy atom. The Morgan fingerprint density at radius 2 is 1.82 bits per heavy atom. The fraction of sp³-hybridized carbons (Fsp3) is 0.632. The molecular formula is C19H28N2O. The van der Waals surface area contributed by atoms with E-state index in [-0.39, 0.29) is 0 Å². The van der Waals surface area contributed by atoms with Crippen LogP contribution in [-0.4, -0.2) is 47.4 Å². The first-order valence-electron chi connectivity index (χ1n) is 8.87. The molecule has 0 saturated carbocycles. The van der Waals surface area contributed by atoms with Gasteiger partial charge < -0.3 is 4.90 Å². The van der Waals surface area contributed by atoms with E-state index in [0.29, 0.717) is 24.4 Å². The van der Waals surface area contributed by atoms with Crippen LogP contribution in [0.3, 0.4) is 0 Å². The number of hydrogen-bond donors (Lipinski definition) is 0. The monoisotopic (exact) mass is 300 g/mol. The molecule has 0 spiro atoms. The SMILES string of the molecule is CCN1CCC[C@@H]1[C@H]1CCCN1C(=O)CCc1ccccc1. The fourth-order valence-electron chi connectivity index (χ4n) is 4.22. The zero-order valence-electron chi connectivity index (χ0n) is 13.7. The van der Waals surface area contributed by atoms with Crippen molar-refractivity contribution in [2.45, 2.75) is 57.5 Å². The number of rotatable bonds is 5. The van der Waals surface area contributed by atoms with E-state index in [1.165, 1.54) is 37.8 Å². The summed E-state index contributed by atoms with van der Waals surface area (Å²) in [6, 6.07) is 11.4. The summed E-state index contributed by atoms with van der Waals surface area (Å²) >= 11 is 0. The van der Waals surface area contributed by atoms with Gasteiger partial charge in [0.2, 0.25) is 5.91 Å². The number of amides is 1. The van der Waals surface area contributed by atoms with E-state index in [1.54, 1.807) is 0 Å². The van der Waals surface area contributed by atoms with Gasteiger partial charge in [0.1, 0.15) is 0 Å². The molecule has 3 nitrogen and oxygen atoms in total. The highest BCUT2D eigenvalue weighted by Gasteiger charge is 2.38. The topological polar surface area (TPSA) is 23.6 Å². The molecule has 1 aromatic rings. The van der Waals surface area contributed by atoms with Gasteiger partial charge in [0.05, 0.1) is 0 Å². The predicted molar refractivity (Wildman–Crippen MR) is 89.8 cm³/mol. The van der Waals surface area contributed by atoms with Crippen molar-refractivity contribution >= 4 is 5.91 Å². The first kappa shape index (κ1) is 15.5. The number of aryl methyl sites for hydroxylation is 1. The van der Waals surface area contributed by atoms with Crippen molar-refractivity contribution in [3.8, 4) is 0 Å². The third-order valence-corrected chi connectivity index (χ3v) is 5.35. The summed E-state index contributed by atoms with van der Waals surface area (Å²) < 4.78 is 0. The lowest BCUT2D eigenvalue weighted by Crippen LogP contribution is -2.48. The largest absolute Gasteiger partial charge is 0.338 e. The van der Waals surface area contributed by atoms with Gasteiger partial charge in [0, 0.05) is 25.0 Å². The van der Waals surface area contributed by atoms with Crippen LogP contribution >= 0.6 is 0 Å². The molecule has 0 bridgehead atoms. The third kappa shape index (κ3) is 3.35. The van der Waals surface area contributed by atoms with Crippen LogP contribution in [0, 0.1) is 0 Å². The number of likely N-dealkylation sites (tertiary alicyclic amines) is 2. The van der Waals surface area contributed by atoms with Crippen molar-refractivity contribution < 1.29 is 4.79 Å². The first-order chi connectivity index (χ1) is 10.8. The molecule has 22 heavy (non-hydrogen) atoms. The Hall–Kier alpha value is -1.35. The second-order valence-corrected chi connectivity index (χ2v) is 6.62. The molecule has 2 aliphatic rings. The van der Waals surface area contributed by atoms with Crippen molar-refractivity contribution in [3.63, 3.8) is 0 Å². The van der Waals surface area contributed by atoms with Crippen LogP contribution < -0.4 is 0 Å². The lowest BCUT2D eigenvalue weighted by Gasteiger charge is -2.34. The molecule has 2 heterocycles. The van der Waals surface area contributed by atoms with Gasteiger partial charge in [0.15, 0.2) is 0 Å². The lowest BCUT2D eigenvalue weighted by molar-refractivity contribution is -0.133. The molecule has 1 amide bonds. The molecule has 0 unspecified atom stereocenters. The molecule has 0 aliphatic carbocycles. The normalized spacial score (nSPS) is 25.8. The van der Waals surface area contributed by atoms with Gasteiger partial charge in [-0.05, 0) is 50.8 Å². The molecule has 0 radical (unpaired) electrons. The summed E-state index contributed by atoms with van der Waals surface area (Å²) in [5.41, 5.74) is 1.27. The Bertz CT molecular complexity index is 487. The van der Waals surface area contributed by atoms with E-state index < -0.39 is 0 Å². The standard InChI is InChI=1S/C19H28N2O/c1-2-20-14-6-10-17(20)18-11-7-15-21(18)19(22)13-12-16-8-4-3-5-9-16/h3-5,8-9,17-18H,2,6-7,10-15H2,1H3/t17-,18-/m1/s1. The number of carbonyl (C=O) groups excluding carboxylic acids is 1. The summed E-state index contributed by atoms with van der Waals surface area (Å²) in [6.45, 7) is 5.54. The highest BCUT2D eigenvalue weighted by molar-refractivity contribution is 5.77. The molecule has 1 aromatic carbocycles. The van der Waals surface area contributed by atoms with Crippen LogP contribution in [0.2, 0.25) is 0 Å². The maximum absolute atomic E-state index is 12.7. The van der Waals surface area contributed by atoms with Crippen LogP contribution in [-0.2, 0) is 11.2 Å². The minimum atomic E-state index is 0.356. The van der Waals surface area contributed by atoms with E-state index in [9.17, 15) is 4.79 Å². The van der Waals surface area contributed by atoms with E-state index in [4.69, 9.17) is 0 Å². The molecule has 0 aromatic heterocycles. The molecule has 2 atom stereocenters. The second kappa shape index (κ2) is 7.28. The Labute approximate surface area is 134 Å². The van der Waals surface area contributed by atoms with Gasteiger partial charge in [-0.25, -0.2) is 0 Å². The van der Waals surface area contributed by atoms with E-state index in [0.717, 1.165) is 19.5 Å². The number of carbonyl (C=O) groups is 1. The second-order valence-electron chi connectivity index (χ2n) is 6.62. The minimum absolute atomic E-state index is 0.356. The summed E-state index contributed by atoms with van der Waals surface area (Å²) in [5, 5.41) is 0. The van der Waals surface area contributed by atoms with Crippen LogP contribution in [0.15, 0.2) is 30.3 Å². The molecule has 120 valence electrons. The summed E-state index contributed by atoms with van der Waals surface area (Å²) in [6.07, 6.45) is 6.44. The van der Waals surface area contributed by atoms with Crippen molar-refractivity contribution in [2.24, 2.45) is 0 Å². The maximum atomic E-state index is 12.7. The zero-order valence-corrected chi connectivity index (χ0v) is 13.7. The van der Waals surface area contributed by atoms with Crippen LogP contribution in [0.25, 0.3) is 0 Å². The van der Waals surface area contributed by atoms with Gasteiger partial charge in [-0.3, -0.25) is 9.69 Å². The maximum Gasteiger partial charge on any atom is 0.223 e. The predicted octanol–water partition coefficient (Wildman–Crippen LogP) is 3.09. The molecule has 3 rings (SSSR count). The number of likely N-dealkylation sites (N-methyl/N-ethyl adjacent to an activating group) is 1. The molecule has 2 aliphatic heterocycles. The number of hydrogen-bond acceptors (Lipinski definition) is 2. The van der Waals surface area contributed by atoms with Gasteiger partial charge >= 0.3 is 0 Å². The quantitative estimate of drug-likeness (QED) is 0.834. The zero-order chi connectivity index (χ0) is 15.4. The highest BCUT2D eigenvalue weighted by atomic mass is 16.2. The Balaban J connectivity index is 1.59. The Morgan fingerprint density at radius 3 is 2.59 bits per heavy atom. The van der Waals surface area contributed by atoms with Crippen LogP contribution in [0.1, 0.15) is 44.6 Å². The van der Waals surface area contributed by atoms with Gasteiger partial charge in [-0.15, -0.1) is 0 Å². The molecule has 3 heteroatoms. The Kier molecular flexibility index (Phi) is 5.14. The van der Waals surface area contributed by atoms with Crippen molar-refractivity contribution in [1.82, 2.24) is 9.80 Å². The lowest BCUT2D eigenvalue weighted by atomic mass is 10.0. The fourth-order valence-corrected chi connectivity index (χ4v) is 4.22. The smallest absolute Gasteiger partial charge is 0.223 e. The van der Waals surface area contributed by atoms with Crippen molar-refractivity contribution in [2.75, 3.05) is 19.6 Å². The summed E-state index contributed by atoms with van der Waals surface area (Å²) in [7, 11) is 0. The number of benzene rings is 1. The molecule has 2 saturated heterocycles. The first-order valence-corrected chi connectivity index (χ1v) is 8.87. The highest BCUT2D eigenvalue weighted by Crippen LogP contribution is 2.30. The van der Waals surface area contributed by atoms with E-state index in [1.807, 2.05) is 6.07 Å². The minimum Gasteiger partial charge on any atom is -0.338 e. The summed E-state index contributed by atoms with van der Waals surface area (Å²) in [5.74, 6) is 0.356. The van der Waals surface area contributed by atoms with Gasteiger partial charge in [0.25, 0.3) is 0 Å². The average Bonchev–Trinajstić information content (AvgIpc) is 3.21. The summed E-state index contributed by atoms with van der Waals surface area (Å²) in [4.78, 5) is 17.5. The van der Waals surface area contributed by atoms with Gasteiger partial charge in [-0.1, -0.05) is 37.3 Å². The van der Waals surface area contributed by atoms with Crippen molar-refractivity contribution in [1.29, 1.82) is 0 Å². The van der Waals surface area contributed by atoms with Crippen LogP contribution in [0.5, 0.6) is 0 Å². The third-order valence-electron chi connectivity index (χ3n) is 5.35. The average molecular weight is 300 g/mol. The van der Waals surface area contributed by atoms with E-state index in [2.05, 4.69) is 41.0 Å². The van der Waals surface area contributed by atoms with E-state index >= 15 is 0 Å². The number of nitrogens with zero attached hydrogens (tertiary/aromatic N) is 2. The molecule has 0 N–H and O–H groups in total. The van der Waals surface area contributed by atoms with Gasteiger partial charge in [-0.2, -0.15) is 0 Å². The van der Waals surface area contributed by atoms with Crippen molar-refractivity contribution in [3.05, 3.63) is 35.9 Å². The van der Waals surface area contributed by atoms with Crippen LogP contribution in [0.4, 0.5) is 0 Å². The molecular weight excluding hydrogens is 272 g/mol.